The molecule has 0 radical (unpaired) electrons. The summed E-state index contributed by atoms with van der Waals surface area (Å²) in [5.41, 5.74) is 5.23. The van der Waals surface area contributed by atoms with Crippen LogP contribution in [0.25, 0.3) is 5.57 Å². The summed E-state index contributed by atoms with van der Waals surface area (Å²) >= 11 is 0. The maximum atomic E-state index is 11.2. The molecule has 2 aromatic rings. The first-order valence-electron chi connectivity index (χ1n) is 10.9. The van der Waals surface area contributed by atoms with E-state index in [2.05, 4.69) is 40.9 Å². The van der Waals surface area contributed by atoms with Crippen molar-refractivity contribution >= 4 is 12.0 Å². The number of hydrogen-bond acceptors (Lipinski definition) is 5. The minimum atomic E-state index is 0.444. The average Bonchev–Trinajstić information content (AvgIpc) is 3.54. The second-order valence-corrected chi connectivity index (χ2v) is 8.19. The van der Waals surface area contributed by atoms with Gasteiger partial charge in [0.25, 0.3) is 0 Å². The Hall–Kier alpha value is -3.02. The van der Waals surface area contributed by atoms with Gasteiger partial charge in [-0.1, -0.05) is 25.5 Å². The number of aromatic nitrogens is 3. The maximum Gasteiger partial charge on any atom is 0.224 e. The van der Waals surface area contributed by atoms with Crippen LogP contribution in [0.15, 0.2) is 42.4 Å². The van der Waals surface area contributed by atoms with E-state index in [0.29, 0.717) is 30.1 Å². The van der Waals surface area contributed by atoms with Crippen molar-refractivity contribution in [2.24, 2.45) is 5.92 Å². The second kappa shape index (κ2) is 10.3. The zero-order valence-electron chi connectivity index (χ0n) is 19.1. The molecule has 2 atom stereocenters. The predicted octanol–water partition coefficient (Wildman–Crippen LogP) is 4.85. The van der Waals surface area contributed by atoms with Gasteiger partial charge in [-0.05, 0) is 56.4 Å². The molecule has 1 aliphatic carbocycles. The van der Waals surface area contributed by atoms with Crippen LogP contribution in [0.3, 0.4) is 0 Å². The quantitative estimate of drug-likeness (QED) is 0.406. The summed E-state index contributed by atoms with van der Waals surface area (Å²) in [7, 11) is 1.74. The molecule has 6 heteroatoms. The number of ether oxygens (including phenoxy) is 1. The molecule has 6 nitrogen and oxygen atoms in total. The molecule has 0 N–H and O–H groups in total. The first kappa shape index (κ1) is 22.7. The van der Waals surface area contributed by atoms with E-state index in [4.69, 9.17) is 4.74 Å². The first-order valence-corrected chi connectivity index (χ1v) is 10.9. The van der Waals surface area contributed by atoms with Crippen LogP contribution in [0, 0.1) is 19.8 Å². The number of carbonyl (C=O) groups excluding carboxylic acids is 1. The second-order valence-electron chi connectivity index (χ2n) is 8.19. The monoisotopic (exact) mass is 420 g/mol. The number of hydrogen-bond donors (Lipinski definition) is 0. The van der Waals surface area contributed by atoms with Gasteiger partial charge in [0.15, 0.2) is 0 Å². The highest BCUT2D eigenvalue weighted by Crippen LogP contribution is 2.47. The lowest BCUT2D eigenvalue weighted by atomic mass is 9.96. The van der Waals surface area contributed by atoms with E-state index >= 15 is 0 Å². The van der Waals surface area contributed by atoms with Gasteiger partial charge in [-0.2, -0.15) is 4.98 Å². The molecular formula is C25H32N4O2. The lowest BCUT2D eigenvalue weighted by Gasteiger charge is -2.17. The lowest BCUT2D eigenvalue weighted by molar-refractivity contribution is -0.115. The standard InChI is InChI=1S/C25H32N4O2/c1-6-8-19(14-29(5)16-30)21(7-2)23-13-26-18(4)28-25(23)31-15-20-11-22(20)24-10-9-17(3)12-27-24/h7,9-10,12-14,16,20,22H,6,8,11,15H2,1-5H3/b19-14-,21-7+. The molecule has 0 aromatic carbocycles. The Balaban J connectivity index is 1.79. The third-order valence-corrected chi connectivity index (χ3v) is 5.51. The van der Waals surface area contributed by atoms with Crippen LogP contribution in [0.2, 0.25) is 0 Å². The molecule has 164 valence electrons. The van der Waals surface area contributed by atoms with Crippen molar-refractivity contribution in [1.82, 2.24) is 19.9 Å². The van der Waals surface area contributed by atoms with E-state index in [1.54, 1.807) is 7.05 Å². The van der Waals surface area contributed by atoms with Gasteiger partial charge in [0.05, 0.1) is 12.2 Å². The zero-order valence-corrected chi connectivity index (χ0v) is 19.1. The molecule has 3 rings (SSSR count). The smallest absolute Gasteiger partial charge is 0.224 e. The van der Waals surface area contributed by atoms with Crippen molar-refractivity contribution in [2.75, 3.05) is 13.7 Å². The van der Waals surface area contributed by atoms with Crippen LogP contribution in [0.1, 0.15) is 61.7 Å². The zero-order chi connectivity index (χ0) is 22.4. The molecule has 1 amide bonds. The minimum absolute atomic E-state index is 0.444. The summed E-state index contributed by atoms with van der Waals surface area (Å²) in [6.07, 6.45) is 11.3. The third-order valence-electron chi connectivity index (χ3n) is 5.51. The molecular weight excluding hydrogens is 388 g/mol. The normalized spacial score (nSPS) is 18.6. The van der Waals surface area contributed by atoms with Gasteiger partial charge in [0.1, 0.15) is 5.82 Å². The largest absolute Gasteiger partial charge is 0.477 e. The van der Waals surface area contributed by atoms with Crippen molar-refractivity contribution in [3.05, 3.63) is 65.0 Å². The number of allylic oxidation sites excluding steroid dienone is 3. The molecule has 1 fully saturated rings. The lowest BCUT2D eigenvalue weighted by Crippen LogP contribution is -2.10. The Bertz CT molecular complexity index is 966. The van der Waals surface area contributed by atoms with E-state index in [9.17, 15) is 4.79 Å². The highest BCUT2D eigenvalue weighted by molar-refractivity contribution is 5.81. The van der Waals surface area contributed by atoms with Crippen LogP contribution in [0.5, 0.6) is 5.88 Å². The van der Waals surface area contributed by atoms with Crippen LogP contribution in [-0.4, -0.2) is 39.9 Å². The summed E-state index contributed by atoms with van der Waals surface area (Å²) < 4.78 is 6.23. The van der Waals surface area contributed by atoms with E-state index in [-0.39, 0.29) is 0 Å². The highest BCUT2D eigenvalue weighted by atomic mass is 16.5. The number of nitrogens with zero attached hydrogens (tertiary/aromatic N) is 4. The van der Waals surface area contributed by atoms with Crippen molar-refractivity contribution in [3.63, 3.8) is 0 Å². The average molecular weight is 421 g/mol. The summed E-state index contributed by atoms with van der Waals surface area (Å²) in [6.45, 7) is 8.63. The van der Waals surface area contributed by atoms with Crippen LogP contribution >= 0.6 is 0 Å². The Labute approximate surface area is 185 Å². The van der Waals surface area contributed by atoms with Gasteiger partial charge < -0.3 is 9.64 Å². The van der Waals surface area contributed by atoms with Gasteiger partial charge in [0, 0.05) is 43.2 Å². The molecule has 1 saturated carbocycles. The molecule has 0 aliphatic heterocycles. The SMILES string of the molecule is C/C=C(\C(=C/N(C)C=O)CCC)c1cnc(C)nc1OCC1CC1c1ccc(C)cn1. The van der Waals surface area contributed by atoms with Gasteiger partial charge >= 0.3 is 0 Å². The van der Waals surface area contributed by atoms with Crippen LogP contribution in [-0.2, 0) is 4.79 Å². The Morgan fingerprint density at radius 2 is 2.06 bits per heavy atom. The van der Waals surface area contributed by atoms with E-state index < -0.39 is 0 Å². The molecule has 2 aromatic heterocycles. The maximum absolute atomic E-state index is 11.2. The van der Waals surface area contributed by atoms with E-state index in [1.807, 2.05) is 38.5 Å². The summed E-state index contributed by atoms with van der Waals surface area (Å²) in [5.74, 6) is 2.16. The molecule has 0 saturated heterocycles. The van der Waals surface area contributed by atoms with Crippen molar-refractivity contribution in [3.8, 4) is 5.88 Å². The number of aryl methyl sites for hydroxylation is 2. The minimum Gasteiger partial charge on any atom is -0.477 e. The number of pyridine rings is 1. The number of carbonyl (C=O) groups is 1. The summed E-state index contributed by atoms with van der Waals surface area (Å²) in [6, 6.07) is 4.23. The molecule has 1 aliphatic rings. The fraction of sp³-hybridized carbons (Fsp3) is 0.440. The Kier molecular flexibility index (Phi) is 7.55. The van der Waals surface area contributed by atoms with Gasteiger partial charge in [-0.25, -0.2) is 4.98 Å². The topological polar surface area (TPSA) is 68.2 Å². The summed E-state index contributed by atoms with van der Waals surface area (Å²) in [4.78, 5) is 26.3. The summed E-state index contributed by atoms with van der Waals surface area (Å²) in [5, 5.41) is 0. The van der Waals surface area contributed by atoms with Crippen LogP contribution in [0.4, 0.5) is 0 Å². The fourth-order valence-corrected chi connectivity index (χ4v) is 3.75. The predicted molar refractivity (Wildman–Crippen MR) is 123 cm³/mol. The molecule has 2 heterocycles. The van der Waals surface area contributed by atoms with Crippen molar-refractivity contribution < 1.29 is 9.53 Å². The van der Waals surface area contributed by atoms with Gasteiger partial charge in [-0.15, -0.1) is 0 Å². The Morgan fingerprint density at radius 1 is 1.26 bits per heavy atom. The molecule has 0 spiro atoms. The van der Waals surface area contributed by atoms with Crippen molar-refractivity contribution in [1.29, 1.82) is 0 Å². The first-order chi connectivity index (χ1) is 15.0. The highest BCUT2D eigenvalue weighted by Gasteiger charge is 2.40. The molecule has 31 heavy (non-hydrogen) atoms. The van der Waals surface area contributed by atoms with E-state index in [1.165, 1.54) is 10.5 Å². The number of amides is 1. The fourth-order valence-electron chi connectivity index (χ4n) is 3.75. The molecule has 0 bridgehead atoms. The van der Waals surface area contributed by atoms with Crippen molar-refractivity contribution in [2.45, 2.75) is 52.9 Å². The Morgan fingerprint density at radius 3 is 2.71 bits per heavy atom. The third kappa shape index (κ3) is 5.78. The van der Waals surface area contributed by atoms with Gasteiger partial charge in [-0.3, -0.25) is 9.78 Å². The van der Waals surface area contributed by atoms with Gasteiger partial charge in [0.2, 0.25) is 12.3 Å². The van der Waals surface area contributed by atoms with Crippen LogP contribution < -0.4 is 4.74 Å². The van der Waals surface area contributed by atoms with E-state index in [0.717, 1.165) is 48.1 Å². The molecule has 2 unspecified atom stereocenters. The number of rotatable bonds is 10.